The molecule has 33 nitrogen and oxygen atoms in total. The number of amides is 11. The maximum atomic E-state index is 13.2. The van der Waals surface area contributed by atoms with Crippen LogP contribution in [0.2, 0.25) is 0 Å². The van der Waals surface area contributed by atoms with Gasteiger partial charge in [0.1, 0.15) is 33.6 Å². The Bertz CT molecular complexity index is 4500. The normalized spacial score (nSPS) is 23.5. The first-order valence-corrected chi connectivity index (χ1v) is 55.7. The summed E-state index contributed by atoms with van der Waals surface area (Å²) in [6.45, 7) is 51.3. The monoisotopic (exact) mass is 2070 g/mol. The van der Waals surface area contributed by atoms with Gasteiger partial charge in [-0.3, -0.25) is 33.9 Å². The van der Waals surface area contributed by atoms with Crippen molar-refractivity contribution in [3.05, 3.63) is 84.9 Å². The highest BCUT2D eigenvalue weighted by Gasteiger charge is 2.41. The van der Waals surface area contributed by atoms with Crippen LogP contribution in [0, 0.1) is 65.1 Å². The molecule has 0 bridgehead atoms. The molecule has 1 unspecified atom stereocenters. The van der Waals surface area contributed by atoms with Gasteiger partial charge in [-0.25, -0.2) is 28.8 Å². The third-order valence-corrected chi connectivity index (χ3v) is 30.1. The number of nitrogens with zero attached hydrogens (tertiary/aromatic N) is 15. The zero-order valence-corrected chi connectivity index (χ0v) is 95.1. The molecule has 832 valence electrons. The summed E-state index contributed by atoms with van der Waals surface area (Å²) in [6, 6.07) is 18.7. The van der Waals surface area contributed by atoms with Crippen LogP contribution in [-0.2, 0) is 52.4 Å². The summed E-state index contributed by atoms with van der Waals surface area (Å²) in [7, 11) is 11.1. The molecular weight excluding hydrogens is 1880 g/mol. The number of anilines is 2. The minimum atomic E-state index is -0.495. The first-order chi connectivity index (χ1) is 69.6. The first kappa shape index (κ1) is 122. The Labute approximate surface area is 887 Å². The molecule has 3 aromatic rings. The van der Waals surface area contributed by atoms with E-state index in [1.165, 1.54) is 16.9 Å². The van der Waals surface area contributed by atoms with Crippen LogP contribution in [0.25, 0.3) is 0 Å². The Morgan fingerprint density at radius 2 is 0.541 bits per heavy atom. The van der Waals surface area contributed by atoms with E-state index in [2.05, 4.69) is 66.2 Å². The average molecular weight is 2070 g/mol. The molecule has 1 N–H and O–H groups in total. The largest absolute Gasteiger partial charge is 0.444 e. The minimum absolute atomic E-state index is 0.0871. The van der Waals surface area contributed by atoms with Crippen molar-refractivity contribution < 1.29 is 81.2 Å². The van der Waals surface area contributed by atoms with Crippen LogP contribution in [0.15, 0.2) is 79.4 Å². The number of hydrogen-bond acceptors (Lipinski definition) is 22. The van der Waals surface area contributed by atoms with E-state index >= 15 is 0 Å². The van der Waals surface area contributed by atoms with Crippen molar-refractivity contribution in [2.45, 2.75) is 318 Å². The Morgan fingerprint density at radius 3 is 0.818 bits per heavy atom. The molecule has 148 heavy (non-hydrogen) atoms. The number of carbonyl (C=O) groups is 11. The summed E-state index contributed by atoms with van der Waals surface area (Å²) in [5.74, 6) is 5.27. The summed E-state index contributed by atoms with van der Waals surface area (Å²) in [5.41, 5.74) is 0.825. The molecule has 2 aromatic heterocycles. The molecule has 5 saturated carbocycles. The van der Waals surface area contributed by atoms with Crippen molar-refractivity contribution in [3.63, 3.8) is 0 Å². The Kier molecular flexibility index (Phi) is 46.8. The third kappa shape index (κ3) is 42.7. The van der Waals surface area contributed by atoms with E-state index in [0.717, 1.165) is 259 Å². The number of pyridine rings is 2. The Balaban J connectivity index is 0.000000206. The minimum Gasteiger partial charge on any atom is -0.444 e. The second kappa shape index (κ2) is 57.0. The molecule has 13 rings (SSSR count). The molecule has 10 aliphatic rings. The molecule has 33 heteroatoms. The predicted molar refractivity (Wildman–Crippen MR) is 580 cm³/mol. The van der Waals surface area contributed by atoms with Crippen molar-refractivity contribution in [2.24, 2.45) is 65.1 Å². The van der Waals surface area contributed by atoms with E-state index < -0.39 is 33.6 Å². The summed E-state index contributed by atoms with van der Waals surface area (Å²) >= 11 is 0. The number of ether oxygens (including phenoxy) is 6. The maximum absolute atomic E-state index is 13.2. The molecule has 7 heterocycles. The molecular formula is C115H190N16O17. The second-order valence-corrected chi connectivity index (χ2v) is 49.7. The number of piperidine rings is 2. The first-order valence-electron chi connectivity index (χ1n) is 55.7. The number of nitrogens with one attached hydrogen (secondary N) is 1. The van der Waals surface area contributed by atoms with Crippen LogP contribution in [0.4, 0.5) is 40.1 Å². The molecule has 5 saturated heterocycles. The van der Waals surface area contributed by atoms with Gasteiger partial charge in [-0.15, -0.1) is 0 Å². The average Bonchev–Trinajstić information content (AvgIpc) is 0.829. The van der Waals surface area contributed by atoms with Gasteiger partial charge in [-0.2, -0.15) is 0 Å². The SMILES string of the molecule is CC(C)(C)OC(=O)NCC1CCC(C(=O)N2CCN(c3ccncc3)CC2)CC1.CN(CC1CCC(C(=O)N2CCC(CN(C)C(=O)OC(C)(C)C)CC2)CC1)C(=O)OC(C)(C)C.CN(CC1CCC(C(=O)N2CCCC(c3ccccc3)C2)CC1)C(=O)OC(C)(C)C.CN(CC1CCC(C(=O)N2CCN(c3ccncc3)CC2)CC1)C(=O)OC(C)(C)C.CN1CCN(C(=O)C2CCC(CN(C)C(=O)OC(C)(C)C)CC2)CC1. The second-order valence-electron chi connectivity index (χ2n) is 49.7. The van der Waals surface area contributed by atoms with Gasteiger partial charge in [0.25, 0.3) is 0 Å². The zero-order chi connectivity index (χ0) is 109. The maximum Gasteiger partial charge on any atom is 0.410 e. The van der Waals surface area contributed by atoms with E-state index in [9.17, 15) is 52.7 Å². The lowest BCUT2D eigenvalue weighted by Gasteiger charge is -2.39. The molecule has 0 radical (unpaired) electrons. The standard InChI is InChI=1S/C26H47N3O5.C25H38N2O3.C23H36N4O3.C22H34N4O3.C19H35N3O3/c1-25(2,3)33-23(31)27(7)17-19-9-11-21(12-10-19)22(30)29-15-13-20(14-16-29)18-28(8)24(32)34-26(4,5)6;1-25(2,3)30-24(29)26(4)17-19-12-14-21(15-13-19)23(28)27-16-8-11-22(18-27)20-9-6-5-7-10-20;1-23(2,3)30-22(29)25(4)17-18-5-7-19(8-6-18)21(28)27-15-13-26(14-16-27)20-9-11-24-12-10-20;1-22(2,3)29-21(28)24-16-17-4-6-18(7-5-17)20(27)26-14-12-25(13-15-26)19-8-10-23-11-9-19;1-19(2,3)25-18(24)21(5)14-15-6-8-16(9-7-15)17(23)22-12-10-20(4)11-13-22/h19-21H,9-18H2,1-8H3;5-7,9-10,19,21-22H,8,11-18H2,1-4H3;9-12,18-19H,5-8,13-17H2,1-4H3;8-11,17-18H,4-7,12-16H2,1-3H3,(H,24,28);15-16H,6-14H2,1-5H3. The van der Waals surface area contributed by atoms with Gasteiger partial charge in [-0.1, -0.05) is 30.3 Å². The highest BCUT2D eigenvalue weighted by molar-refractivity contribution is 5.82. The number of piperazine rings is 3. The van der Waals surface area contributed by atoms with Crippen molar-refractivity contribution in [3.8, 4) is 0 Å². The molecule has 5 aliphatic heterocycles. The van der Waals surface area contributed by atoms with E-state index in [1.54, 1.807) is 52.7 Å². The van der Waals surface area contributed by atoms with Crippen LogP contribution < -0.4 is 15.1 Å². The fraction of sp³-hybridized carbons (Fsp3) is 0.765. The van der Waals surface area contributed by atoms with Crippen molar-refractivity contribution in [2.75, 3.05) is 196 Å². The predicted octanol–water partition coefficient (Wildman–Crippen LogP) is 18.7. The van der Waals surface area contributed by atoms with Gasteiger partial charge < -0.3 is 97.4 Å². The van der Waals surface area contributed by atoms with Crippen LogP contribution in [0.1, 0.15) is 290 Å². The smallest absolute Gasteiger partial charge is 0.410 e. The van der Waals surface area contributed by atoms with Crippen molar-refractivity contribution in [1.29, 1.82) is 0 Å². The van der Waals surface area contributed by atoms with Crippen LogP contribution in [-0.4, -0.2) is 350 Å². The lowest BCUT2D eigenvalue weighted by molar-refractivity contribution is -0.139. The van der Waals surface area contributed by atoms with E-state index in [1.807, 2.05) is 206 Å². The van der Waals surface area contributed by atoms with Gasteiger partial charge in [0.05, 0.1) is 0 Å². The van der Waals surface area contributed by atoms with Gasteiger partial charge in [-0.05, 0) is 351 Å². The van der Waals surface area contributed by atoms with E-state index in [4.69, 9.17) is 28.4 Å². The number of likely N-dealkylation sites (tertiary alicyclic amines) is 2. The summed E-state index contributed by atoms with van der Waals surface area (Å²) in [4.78, 5) is 171. The van der Waals surface area contributed by atoms with Crippen LogP contribution >= 0.6 is 0 Å². The molecule has 1 atom stereocenters. The quantitative estimate of drug-likeness (QED) is 0.103. The lowest BCUT2D eigenvalue weighted by atomic mass is 9.80. The van der Waals surface area contributed by atoms with Gasteiger partial charge in [0.2, 0.25) is 29.5 Å². The van der Waals surface area contributed by atoms with Gasteiger partial charge >= 0.3 is 36.6 Å². The molecule has 5 aliphatic carbocycles. The molecule has 1 aromatic carbocycles. The Hall–Kier alpha value is -9.95. The summed E-state index contributed by atoms with van der Waals surface area (Å²) < 4.78 is 32.5. The molecule has 10 fully saturated rings. The third-order valence-electron chi connectivity index (χ3n) is 30.1. The number of alkyl carbamates (subject to hydrolysis) is 1. The van der Waals surface area contributed by atoms with E-state index in [-0.39, 0.29) is 72.1 Å². The number of rotatable bonds is 20. The zero-order valence-electron chi connectivity index (χ0n) is 95.1. The van der Waals surface area contributed by atoms with Crippen molar-refractivity contribution >= 4 is 77.5 Å². The Morgan fingerprint density at radius 1 is 0.291 bits per heavy atom. The lowest BCUT2D eigenvalue weighted by Crippen LogP contribution is -2.51. The highest BCUT2D eigenvalue weighted by Crippen LogP contribution is 2.39. The number of carbonyl (C=O) groups excluding carboxylic acids is 11. The van der Waals surface area contributed by atoms with Gasteiger partial charge in [0, 0.05) is 251 Å². The number of hydrogen-bond donors (Lipinski definition) is 1. The van der Waals surface area contributed by atoms with Crippen LogP contribution in [0.5, 0.6) is 0 Å². The number of aromatic nitrogens is 2. The molecule has 11 amide bonds. The highest BCUT2D eigenvalue weighted by atomic mass is 16.6. The van der Waals surface area contributed by atoms with Crippen LogP contribution in [0.3, 0.4) is 0 Å². The van der Waals surface area contributed by atoms with Gasteiger partial charge in [0.15, 0.2) is 0 Å². The summed E-state index contributed by atoms with van der Waals surface area (Å²) in [5, 5.41) is 2.87. The van der Waals surface area contributed by atoms with E-state index in [0.29, 0.717) is 104 Å². The fourth-order valence-corrected chi connectivity index (χ4v) is 21.8. The summed E-state index contributed by atoms with van der Waals surface area (Å²) in [6.07, 6.45) is 28.6. The number of benzene rings is 1. The topological polar surface area (TPSA) is 323 Å². The molecule has 0 spiro atoms. The fourth-order valence-electron chi connectivity index (χ4n) is 21.8. The number of likely N-dealkylation sites (N-methyl/N-ethyl adjacent to an activating group) is 1. The van der Waals surface area contributed by atoms with Crippen molar-refractivity contribution in [1.82, 2.24) is 69.2 Å².